The molecule has 0 N–H and O–H groups in total. The van der Waals surface area contributed by atoms with Crippen molar-refractivity contribution in [3.8, 4) is 11.5 Å². The molecule has 0 spiro atoms. The lowest BCUT2D eigenvalue weighted by molar-refractivity contribution is -0.121. The Balaban J connectivity index is 1.94. The van der Waals surface area contributed by atoms with Gasteiger partial charge in [0.05, 0.1) is 18.6 Å². The largest absolute Gasteiger partial charge is 0.493 e. The Morgan fingerprint density at radius 1 is 1.28 bits per heavy atom. The number of amides is 1. The van der Waals surface area contributed by atoms with E-state index >= 15 is 0 Å². The van der Waals surface area contributed by atoms with Crippen LogP contribution in [0, 0.1) is 6.92 Å². The number of thioether (sulfide) groups is 1. The first-order valence-electron chi connectivity index (χ1n) is 9.21. The van der Waals surface area contributed by atoms with E-state index in [-0.39, 0.29) is 5.91 Å². The zero-order valence-electron chi connectivity index (χ0n) is 16.7. The van der Waals surface area contributed by atoms with Crippen LogP contribution in [0.15, 0.2) is 59.0 Å². The number of carbonyl (C=O) groups excluding carboxylic acids is 1. The summed E-state index contributed by atoms with van der Waals surface area (Å²) in [5, 5.41) is 0.581. The maximum atomic E-state index is 12.9. The predicted octanol–water partition coefficient (Wildman–Crippen LogP) is 4.59. The van der Waals surface area contributed by atoms with E-state index in [1.807, 2.05) is 56.3 Å². The fraction of sp³-hybridized carbons (Fsp3) is 0.227. The van der Waals surface area contributed by atoms with Crippen LogP contribution in [0.4, 0.5) is 5.82 Å². The number of carbonyl (C=O) groups is 1. The Morgan fingerprint density at radius 3 is 2.79 bits per heavy atom. The van der Waals surface area contributed by atoms with Gasteiger partial charge in [0.25, 0.3) is 5.91 Å². The standard InChI is InChI=1S/C22H23N3O3S/c1-5-12-25-21(26)19(29-22(25)24-20-9-7-8-15(3)23-20)14-16-10-11-17(28-6-2)18(13-16)27-4/h5,7-11,13-14H,1,6,12H2,2-4H3/b19-14-,24-22+. The Morgan fingerprint density at radius 2 is 2.10 bits per heavy atom. The Hall–Kier alpha value is -3.06. The highest BCUT2D eigenvalue weighted by Crippen LogP contribution is 2.35. The van der Waals surface area contributed by atoms with Crippen LogP contribution in [0.3, 0.4) is 0 Å². The lowest BCUT2D eigenvalue weighted by atomic mass is 10.2. The van der Waals surface area contributed by atoms with Gasteiger partial charge in [-0.2, -0.15) is 0 Å². The highest BCUT2D eigenvalue weighted by molar-refractivity contribution is 8.18. The van der Waals surface area contributed by atoms with Crippen molar-refractivity contribution < 1.29 is 14.3 Å². The lowest BCUT2D eigenvalue weighted by Crippen LogP contribution is -2.29. The summed E-state index contributed by atoms with van der Waals surface area (Å²) >= 11 is 1.32. The zero-order chi connectivity index (χ0) is 20.8. The first-order chi connectivity index (χ1) is 14.0. The zero-order valence-corrected chi connectivity index (χ0v) is 17.5. The van der Waals surface area contributed by atoms with Crippen molar-refractivity contribution >= 4 is 34.7 Å². The van der Waals surface area contributed by atoms with Gasteiger partial charge in [-0.1, -0.05) is 18.2 Å². The minimum absolute atomic E-state index is 0.117. The Bertz CT molecular complexity index is 985. The number of pyridine rings is 1. The molecule has 1 aliphatic rings. The van der Waals surface area contributed by atoms with Crippen LogP contribution in [0.5, 0.6) is 11.5 Å². The van der Waals surface area contributed by atoms with Gasteiger partial charge in [0.1, 0.15) is 0 Å². The minimum atomic E-state index is -0.117. The molecule has 0 bridgehead atoms. The number of rotatable bonds is 7. The predicted molar refractivity (Wildman–Crippen MR) is 118 cm³/mol. The fourth-order valence-corrected chi connectivity index (χ4v) is 3.77. The molecule has 6 nitrogen and oxygen atoms in total. The molecule has 7 heteroatoms. The third-order valence-electron chi connectivity index (χ3n) is 4.07. The summed E-state index contributed by atoms with van der Waals surface area (Å²) in [5.74, 6) is 1.74. The second kappa shape index (κ2) is 9.43. The van der Waals surface area contributed by atoms with Crippen LogP contribution in [0.25, 0.3) is 6.08 Å². The average Bonchev–Trinajstić information content (AvgIpc) is 2.98. The van der Waals surface area contributed by atoms with Crippen LogP contribution in [0.2, 0.25) is 0 Å². The summed E-state index contributed by atoms with van der Waals surface area (Å²) in [4.78, 5) is 24.1. The molecule has 1 aromatic carbocycles. The number of aromatic nitrogens is 1. The van der Waals surface area contributed by atoms with Crippen molar-refractivity contribution in [3.05, 3.63) is 65.2 Å². The summed E-state index contributed by atoms with van der Waals surface area (Å²) in [5.41, 5.74) is 1.71. The number of benzene rings is 1. The monoisotopic (exact) mass is 409 g/mol. The van der Waals surface area contributed by atoms with Crippen LogP contribution in [0.1, 0.15) is 18.2 Å². The molecule has 3 rings (SSSR count). The Kier molecular flexibility index (Phi) is 6.72. The number of aryl methyl sites for hydroxylation is 1. The molecule has 0 atom stereocenters. The molecular formula is C22H23N3O3S. The van der Waals surface area contributed by atoms with Crippen molar-refractivity contribution in [2.45, 2.75) is 13.8 Å². The lowest BCUT2D eigenvalue weighted by Gasteiger charge is -2.12. The summed E-state index contributed by atoms with van der Waals surface area (Å²) in [6, 6.07) is 11.2. The fourth-order valence-electron chi connectivity index (χ4n) is 2.77. The molecule has 1 aromatic heterocycles. The SMILES string of the molecule is C=CCN1C(=O)/C(=C/c2ccc(OCC)c(OC)c2)S/C1=N/c1cccc(C)n1. The third kappa shape index (κ3) is 4.86. The molecule has 0 aliphatic carbocycles. The van der Waals surface area contributed by atoms with Crippen molar-refractivity contribution in [1.29, 1.82) is 0 Å². The van der Waals surface area contributed by atoms with E-state index in [4.69, 9.17) is 9.47 Å². The number of aliphatic imine (C=N–C) groups is 1. The van der Waals surface area contributed by atoms with Crippen molar-refractivity contribution in [1.82, 2.24) is 9.88 Å². The number of methoxy groups -OCH3 is 1. The second-order valence-corrected chi connectivity index (χ2v) is 7.20. The van der Waals surface area contributed by atoms with Crippen molar-refractivity contribution in [2.24, 2.45) is 4.99 Å². The Labute approximate surface area is 175 Å². The number of nitrogens with zero attached hydrogens (tertiary/aromatic N) is 3. The average molecular weight is 410 g/mol. The van der Waals surface area contributed by atoms with Gasteiger partial charge in [-0.25, -0.2) is 9.98 Å². The summed E-state index contributed by atoms with van der Waals surface area (Å²) in [6.07, 6.45) is 3.51. The first-order valence-corrected chi connectivity index (χ1v) is 10.0. The molecule has 0 unspecified atom stereocenters. The maximum absolute atomic E-state index is 12.9. The molecule has 2 aromatic rings. The molecule has 1 fully saturated rings. The van der Waals surface area contributed by atoms with Gasteiger partial charge < -0.3 is 9.47 Å². The second-order valence-electron chi connectivity index (χ2n) is 6.19. The highest BCUT2D eigenvalue weighted by Gasteiger charge is 2.32. The summed E-state index contributed by atoms with van der Waals surface area (Å²) in [6.45, 7) is 8.50. The van der Waals surface area contributed by atoms with E-state index < -0.39 is 0 Å². The van der Waals surface area contributed by atoms with Crippen molar-refractivity contribution in [3.63, 3.8) is 0 Å². The van der Waals surface area contributed by atoms with Crippen LogP contribution < -0.4 is 9.47 Å². The van der Waals surface area contributed by atoms with Gasteiger partial charge in [0.15, 0.2) is 22.5 Å². The first kappa shape index (κ1) is 20.7. The molecule has 1 amide bonds. The topological polar surface area (TPSA) is 64.0 Å². The van der Waals surface area contributed by atoms with Gasteiger partial charge in [0.2, 0.25) is 0 Å². The molecule has 0 radical (unpaired) electrons. The van der Waals surface area contributed by atoms with E-state index in [9.17, 15) is 4.79 Å². The molecular weight excluding hydrogens is 386 g/mol. The molecule has 1 aliphatic heterocycles. The maximum Gasteiger partial charge on any atom is 0.267 e. The van der Waals surface area contributed by atoms with E-state index in [0.717, 1.165) is 11.3 Å². The number of hydrogen-bond acceptors (Lipinski definition) is 6. The van der Waals surface area contributed by atoms with Crippen molar-refractivity contribution in [2.75, 3.05) is 20.3 Å². The van der Waals surface area contributed by atoms with Gasteiger partial charge in [0, 0.05) is 12.2 Å². The normalized spacial score (nSPS) is 16.5. The number of amidine groups is 1. The third-order valence-corrected chi connectivity index (χ3v) is 5.08. The van der Waals surface area contributed by atoms with E-state index in [1.165, 1.54) is 11.8 Å². The molecule has 29 heavy (non-hydrogen) atoms. The smallest absolute Gasteiger partial charge is 0.267 e. The molecule has 150 valence electrons. The van der Waals surface area contributed by atoms with Crippen LogP contribution in [-0.4, -0.2) is 41.2 Å². The quantitative estimate of drug-likeness (QED) is 0.494. The van der Waals surface area contributed by atoms with Crippen LogP contribution >= 0.6 is 11.8 Å². The van der Waals surface area contributed by atoms with Gasteiger partial charge in [-0.15, -0.1) is 6.58 Å². The summed E-state index contributed by atoms with van der Waals surface area (Å²) in [7, 11) is 1.59. The molecule has 1 saturated heterocycles. The highest BCUT2D eigenvalue weighted by atomic mass is 32.2. The molecule has 2 heterocycles. The minimum Gasteiger partial charge on any atom is -0.493 e. The summed E-state index contributed by atoms with van der Waals surface area (Å²) < 4.78 is 11.0. The van der Waals surface area contributed by atoms with E-state index in [2.05, 4.69) is 16.6 Å². The number of ether oxygens (including phenoxy) is 2. The molecule has 0 saturated carbocycles. The van der Waals surface area contributed by atoms with E-state index in [1.54, 1.807) is 18.1 Å². The van der Waals surface area contributed by atoms with Crippen LogP contribution in [-0.2, 0) is 4.79 Å². The van der Waals surface area contributed by atoms with Gasteiger partial charge >= 0.3 is 0 Å². The van der Waals surface area contributed by atoms with Gasteiger partial charge in [-0.3, -0.25) is 9.69 Å². The van der Waals surface area contributed by atoms with Gasteiger partial charge in [-0.05, 0) is 61.5 Å². The van der Waals surface area contributed by atoms with E-state index in [0.29, 0.717) is 40.5 Å². The number of hydrogen-bond donors (Lipinski definition) is 0.